The van der Waals surface area contributed by atoms with E-state index in [2.05, 4.69) is 16.0 Å². The molecule has 0 spiro atoms. The SMILES string of the molecule is CC(C)NC(=O)NCc1ccc(C(=O)OCC(=O)NCc2cccc(Cl)c2)cc1. The van der Waals surface area contributed by atoms with Crippen LogP contribution in [0.4, 0.5) is 4.79 Å². The maximum absolute atomic E-state index is 12.1. The summed E-state index contributed by atoms with van der Waals surface area (Å²) in [5.41, 5.74) is 2.01. The van der Waals surface area contributed by atoms with Gasteiger partial charge in [0, 0.05) is 24.2 Å². The van der Waals surface area contributed by atoms with Crippen molar-refractivity contribution in [3.05, 3.63) is 70.2 Å². The number of hydrogen-bond donors (Lipinski definition) is 3. The first-order valence-corrected chi connectivity index (χ1v) is 9.53. The summed E-state index contributed by atoms with van der Waals surface area (Å²) in [5.74, 6) is -1.00. The molecule has 3 amide bonds. The van der Waals surface area contributed by atoms with Gasteiger partial charge in [-0.1, -0.05) is 35.9 Å². The Balaban J connectivity index is 1.74. The van der Waals surface area contributed by atoms with Crippen LogP contribution in [0.25, 0.3) is 0 Å². The Labute approximate surface area is 174 Å². The summed E-state index contributed by atoms with van der Waals surface area (Å²) in [6.45, 7) is 4.00. The summed E-state index contributed by atoms with van der Waals surface area (Å²) in [4.78, 5) is 35.5. The number of urea groups is 1. The zero-order valence-electron chi connectivity index (χ0n) is 16.3. The molecule has 7 nitrogen and oxygen atoms in total. The van der Waals surface area contributed by atoms with E-state index >= 15 is 0 Å². The van der Waals surface area contributed by atoms with Gasteiger partial charge in [0.15, 0.2) is 6.61 Å². The van der Waals surface area contributed by atoms with Crippen molar-refractivity contribution in [2.75, 3.05) is 6.61 Å². The average molecular weight is 418 g/mol. The molecule has 0 saturated heterocycles. The number of ether oxygens (including phenoxy) is 1. The van der Waals surface area contributed by atoms with Crippen molar-refractivity contribution in [1.82, 2.24) is 16.0 Å². The van der Waals surface area contributed by atoms with Crippen LogP contribution in [0.5, 0.6) is 0 Å². The molecule has 2 aromatic rings. The summed E-state index contributed by atoms with van der Waals surface area (Å²) < 4.78 is 5.03. The summed E-state index contributed by atoms with van der Waals surface area (Å²) in [6.07, 6.45) is 0. The molecule has 0 aliphatic heterocycles. The lowest BCUT2D eigenvalue weighted by Crippen LogP contribution is -2.39. The Bertz CT molecular complexity index is 853. The standard InChI is InChI=1S/C21H24ClN3O4/c1-14(2)25-21(28)24-11-15-6-8-17(9-7-15)20(27)29-13-19(26)23-12-16-4-3-5-18(22)10-16/h3-10,14H,11-13H2,1-2H3,(H,23,26)(H2,24,25,28). The van der Waals surface area contributed by atoms with E-state index in [4.69, 9.17) is 16.3 Å². The molecule has 29 heavy (non-hydrogen) atoms. The number of halogens is 1. The van der Waals surface area contributed by atoms with Gasteiger partial charge in [-0.15, -0.1) is 0 Å². The van der Waals surface area contributed by atoms with Crippen molar-refractivity contribution in [3.8, 4) is 0 Å². The van der Waals surface area contributed by atoms with Crippen LogP contribution < -0.4 is 16.0 Å². The lowest BCUT2D eigenvalue weighted by molar-refractivity contribution is -0.124. The number of rotatable bonds is 8. The molecular weight excluding hydrogens is 394 g/mol. The van der Waals surface area contributed by atoms with Crippen LogP contribution in [0.15, 0.2) is 48.5 Å². The molecular formula is C21H24ClN3O4. The largest absolute Gasteiger partial charge is 0.452 e. The van der Waals surface area contributed by atoms with E-state index in [0.29, 0.717) is 23.7 Å². The van der Waals surface area contributed by atoms with Crippen LogP contribution >= 0.6 is 11.6 Å². The highest BCUT2D eigenvalue weighted by Crippen LogP contribution is 2.10. The van der Waals surface area contributed by atoms with Crippen molar-refractivity contribution in [2.24, 2.45) is 0 Å². The van der Waals surface area contributed by atoms with Gasteiger partial charge in [-0.05, 0) is 49.2 Å². The van der Waals surface area contributed by atoms with Gasteiger partial charge in [0.05, 0.1) is 5.56 Å². The molecule has 0 bridgehead atoms. The van der Waals surface area contributed by atoms with Gasteiger partial charge < -0.3 is 20.7 Å². The maximum Gasteiger partial charge on any atom is 0.338 e. The topological polar surface area (TPSA) is 96.5 Å². The lowest BCUT2D eigenvalue weighted by atomic mass is 10.1. The number of esters is 1. The van der Waals surface area contributed by atoms with E-state index in [1.165, 1.54) is 0 Å². The second kappa shape index (κ2) is 11.1. The molecule has 0 atom stereocenters. The fourth-order valence-corrected chi connectivity index (χ4v) is 2.58. The van der Waals surface area contributed by atoms with Gasteiger partial charge in [-0.2, -0.15) is 0 Å². The highest BCUT2D eigenvalue weighted by atomic mass is 35.5. The smallest absolute Gasteiger partial charge is 0.338 e. The number of carbonyl (C=O) groups is 3. The molecule has 3 N–H and O–H groups in total. The van der Waals surface area contributed by atoms with E-state index in [1.807, 2.05) is 19.9 Å². The van der Waals surface area contributed by atoms with Crippen molar-refractivity contribution in [2.45, 2.75) is 33.0 Å². The number of benzene rings is 2. The second-order valence-corrected chi connectivity index (χ2v) is 7.10. The van der Waals surface area contributed by atoms with Crippen LogP contribution in [0.3, 0.4) is 0 Å². The predicted octanol–water partition coefficient (Wildman–Crippen LogP) is 3.02. The van der Waals surface area contributed by atoms with Crippen molar-refractivity contribution in [3.63, 3.8) is 0 Å². The Morgan fingerprint density at radius 1 is 0.966 bits per heavy atom. The molecule has 0 saturated carbocycles. The van der Waals surface area contributed by atoms with E-state index in [9.17, 15) is 14.4 Å². The molecule has 0 aliphatic carbocycles. The zero-order valence-corrected chi connectivity index (χ0v) is 17.1. The van der Waals surface area contributed by atoms with Crippen LogP contribution in [0.1, 0.15) is 35.3 Å². The number of nitrogens with one attached hydrogen (secondary N) is 3. The second-order valence-electron chi connectivity index (χ2n) is 6.66. The van der Waals surface area contributed by atoms with E-state index in [0.717, 1.165) is 11.1 Å². The summed E-state index contributed by atoms with van der Waals surface area (Å²) in [6, 6.07) is 13.5. The molecule has 0 fully saturated rings. The minimum absolute atomic E-state index is 0.0508. The highest BCUT2D eigenvalue weighted by Gasteiger charge is 2.10. The molecule has 154 valence electrons. The first-order chi connectivity index (χ1) is 13.8. The highest BCUT2D eigenvalue weighted by molar-refractivity contribution is 6.30. The first-order valence-electron chi connectivity index (χ1n) is 9.15. The summed E-state index contributed by atoms with van der Waals surface area (Å²) in [7, 11) is 0. The Morgan fingerprint density at radius 3 is 2.31 bits per heavy atom. The predicted molar refractivity (Wildman–Crippen MR) is 111 cm³/mol. The van der Waals surface area contributed by atoms with Crippen LogP contribution in [0, 0.1) is 0 Å². The minimum atomic E-state index is -0.597. The Morgan fingerprint density at radius 2 is 1.66 bits per heavy atom. The van der Waals surface area contributed by atoms with Gasteiger partial charge in [0.25, 0.3) is 5.91 Å². The van der Waals surface area contributed by atoms with Gasteiger partial charge in [0.1, 0.15) is 0 Å². The van der Waals surface area contributed by atoms with Gasteiger partial charge in [-0.3, -0.25) is 4.79 Å². The molecule has 0 radical (unpaired) electrons. The summed E-state index contributed by atoms with van der Waals surface area (Å²) >= 11 is 5.89. The monoisotopic (exact) mass is 417 g/mol. The molecule has 2 rings (SSSR count). The van der Waals surface area contributed by atoms with E-state index in [-0.39, 0.29) is 18.7 Å². The third-order valence-corrected chi connectivity index (χ3v) is 4.01. The quantitative estimate of drug-likeness (QED) is 0.575. The van der Waals surface area contributed by atoms with E-state index < -0.39 is 11.9 Å². The molecule has 0 unspecified atom stereocenters. The molecule has 0 aromatic heterocycles. The number of carbonyl (C=O) groups excluding carboxylic acids is 3. The molecule has 2 aromatic carbocycles. The van der Waals surface area contributed by atoms with Crippen molar-refractivity contribution in [1.29, 1.82) is 0 Å². The Kier molecular flexibility index (Phi) is 8.48. The van der Waals surface area contributed by atoms with Crippen LogP contribution in [0.2, 0.25) is 5.02 Å². The normalized spacial score (nSPS) is 10.3. The van der Waals surface area contributed by atoms with Crippen LogP contribution in [-0.4, -0.2) is 30.6 Å². The zero-order chi connectivity index (χ0) is 21.2. The van der Waals surface area contributed by atoms with E-state index in [1.54, 1.807) is 42.5 Å². The first kappa shape index (κ1) is 22.2. The summed E-state index contributed by atoms with van der Waals surface area (Å²) in [5, 5.41) is 8.69. The van der Waals surface area contributed by atoms with Gasteiger partial charge in [0.2, 0.25) is 0 Å². The number of hydrogen-bond acceptors (Lipinski definition) is 4. The van der Waals surface area contributed by atoms with Crippen LogP contribution in [-0.2, 0) is 22.6 Å². The molecule has 8 heteroatoms. The lowest BCUT2D eigenvalue weighted by Gasteiger charge is -2.10. The number of amides is 3. The minimum Gasteiger partial charge on any atom is -0.452 e. The third-order valence-electron chi connectivity index (χ3n) is 3.78. The van der Waals surface area contributed by atoms with Gasteiger partial charge >= 0.3 is 12.0 Å². The molecule has 0 heterocycles. The third kappa shape index (κ3) is 8.23. The maximum atomic E-state index is 12.1. The van der Waals surface area contributed by atoms with Crippen molar-refractivity contribution >= 4 is 29.5 Å². The fraction of sp³-hybridized carbons (Fsp3) is 0.286. The van der Waals surface area contributed by atoms with Gasteiger partial charge in [-0.25, -0.2) is 9.59 Å². The average Bonchev–Trinajstić information content (AvgIpc) is 2.69. The fourth-order valence-electron chi connectivity index (χ4n) is 2.37. The van der Waals surface area contributed by atoms with Crippen molar-refractivity contribution < 1.29 is 19.1 Å². The Hall–Kier alpha value is -3.06. The molecule has 0 aliphatic rings.